The van der Waals surface area contributed by atoms with Crippen molar-refractivity contribution in [2.45, 2.75) is 19.6 Å². The molecule has 4 aromatic rings. The van der Waals surface area contributed by atoms with Crippen molar-refractivity contribution in [3.05, 3.63) is 70.9 Å². The smallest absolute Gasteiger partial charge is 0.250 e. The Morgan fingerprint density at radius 3 is 2.83 bits per heavy atom. The van der Waals surface area contributed by atoms with Crippen molar-refractivity contribution in [3.8, 4) is 10.7 Å². The molecular formula is C22H19N5O2S. The number of carbonyl (C=O) groups is 1. The molecule has 0 unspecified atom stereocenters. The molecule has 0 spiro atoms. The van der Waals surface area contributed by atoms with E-state index in [0.29, 0.717) is 36.7 Å². The van der Waals surface area contributed by atoms with Crippen LogP contribution in [0.25, 0.3) is 21.6 Å². The zero-order valence-electron chi connectivity index (χ0n) is 16.1. The lowest BCUT2D eigenvalue weighted by molar-refractivity contribution is 0.100. The number of nitrogens with zero attached hydrogens (tertiary/aromatic N) is 3. The Bertz CT molecular complexity index is 1240. The molecule has 1 amide bonds. The van der Waals surface area contributed by atoms with E-state index in [0.717, 1.165) is 33.8 Å². The van der Waals surface area contributed by atoms with E-state index in [-0.39, 0.29) is 0 Å². The fourth-order valence-corrected chi connectivity index (χ4v) is 4.43. The van der Waals surface area contributed by atoms with Crippen molar-refractivity contribution >= 4 is 34.2 Å². The molecule has 8 heteroatoms. The Hall–Kier alpha value is -3.36. The molecule has 0 aliphatic carbocycles. The van der Waals surface area contributed by atoms with Gasteiger partial charge in [0.2, 0.25) is 0 Å². The number of nitrogens with two attached hydrogens (primary N) is 1. The highest BCUT2D eigenvalue weighted by Gasteiger charge is 2.22. The molecule has 0 atom stereocenters. The van der Waals surface area contributed by atoms with E-state index in [4.69, 9.17) is 20.4 Å². The fraction of sp³-hybridized carbons (Fsp3) is 0.182. The Labute approximate surface area is 177 Å². The van der Waals surface area contributed by atoms with E-state index < -0.39 is 5.91 Å². The van der Waals surface area contributed by atoms with Gasteiger partial charge in [-0.05, 0) is 23.2 Å². The summed E-state index contributed by atoms with van der Waals surface area (Å²) in [6.07, 6.45) is 0.766. The predicted molar refractivity (Wildman–Crippen MR) is 116 cm³/mol. The number of amides is 1. The number of rotatable bonds is 5. The minimum Gasteiger partial charge on any atom is -0.375 e. The highest BCUT2D eigenvalue weighted by molar-refractivity contribution is 7.11. The summed E-state index contributed by atoms with van der Waals surface area (Å²) in [5.41, 5.74) is 9.64. The maximum atomic E-state index is 11.8. The van der Waals surface area contributed by atoms with Gasteiger partial charge in [0.15, 0.2) is 5.82 Å². The summed E-state index contributed by atoms with van der Waals surface area (Å²) in [4.78, 5) is 22.2. The van der Waals surface area contributed by atoms with Crippen LogP contribution in [0.3, 0.4) is 0 Å². The first kappa shape index (κ1) is 18.7. The highest BCUT2D eigenvalue weighted by Crippen LogP contribution is 2.34. The summed E-state index contributed by atoms with van der Waals surface area (Å²) < 4.78 is 10.1. The van der Waals surface area contributed by atoms with Gasteiger partial charge in [-0.1, -0.05) is 42.5 Å². The molecule has 0 saturated heterocycles. The largest absolute Gasteiger partial charge is 0.375 e. The molecular weight excluding hydrogens is 398 g/mol. The summed E-state index contributed by atoms with van der Waals surface area (Å²) in [6.45, 7) is 1.77. The summed E-state index contributed by atoms with van der Waals surface area (Å²) in [5, 5.41) is 4.29. The molecule has 150 valence electrons. The van der Waals surface area contributed by atoms with Crippen LogP contribution in [0.4, 0.5) is 5.82 Å². The lowest BCUT2D eigenvalue weighted by atomic mass is 10.1. The molecule has 0 saturated carbocycles. The van der Waals surface area contributed by atoms with Gasteiger partial charge in [-0.15, -0.1) is 0 Å². The third-order valence-corrected chi connectivity index (χ3v) is 5.97. The number of hydrogen-bond donors (Lipinski definition) is 2. The van der Waals surface area contributed by atoms with Gasteiger partial charge in [-0.3, -0.25) is 4.79 Å². The van der Waals surface area contributed by atoms with Gasteiger partial charge in [0.25, 0.3) is 5.91 Å². The second-order valence-electron chi connectivity index (χ2n) is 7.04. The molecule has 0 radical (unpaired) electrons. The number of aromatic nitrogens is 3. The van der Waals surface area contributed by atoms with Crippen LogP contribution in [0.15, 0.2) is 48.5 Å². The van der Waals surface area contributed by atoms with Crippen LogP contribution in [-0.2, 0) is 24.3 Å². The maximum Gasteiger partial charge on any atom is 0.250 e. The normalized spacial score (nSPS) is 13.2. The topological polar surface area (TPSA) is 103 Å². The van der Waals surface area contributed by atoms with Gasteiger partial charge in [0.05, 0.1) is 30.0 Å². The van der Waals surface area contributed by atoms with Crippen molar-refractivity contribution in [2.75, 3.05) is 11.9 Å². The zero-order valence-corrected chi connectivity index (χ0v) is 16.9. The fourth-order valence-electron chi connectivity index (χ4n) is 3.61. The monoisotopic (exact) mass is 417 g/mol. The minimum atomic E-state index is -0.498. The van der Waals surface area contributed by atoms with E-state index in [1.807, 2.05) is 24.3 Å². The van der Waals surface area contributed by atoms with Crippen LogP contribution in [-0.4, -0.2) is 26.9 Å². The van der Waals surface area contributed by atoms with E-state index >= 15 is 0 Å². The molecule has 7 nitrogen and oxygen atoms in total. The van der Waals surface area contributed by atoms with Crippen LogP contribution >= 0.6 is 11.5 Å². The van der Waals surface area contributed by atoms with Crippen molar-refractivity contribution in [1.29, 1.82) is 0 Å². The van der Waals surface area contributed by atoms with Crippen LogP contribution in [0, 0.1) is 0 Å². The molecule has 5 rings (SSSR count). The number of primary amides is 1. The van der Waals surface area contributed by atoms with Gasteiger partial charge >= 0.3 is 0 Å². The number of anilines is 1. The first-order chi connectivity index (χ1) is 14.7. The summed E-state index contributed by atoms with van der Waals surface area (Å²) in [6, 6.07) is 15.6. The second kappa shape index (κ2) is 7.81. The third kappa shape index (κ3) is 3.40. The summed E-state index contributed by atoms with van der Waals surface area (Å²) in [7, 11) is 0. The molecule has 0 fully saturated rings. The van der Waals surface area contributed by atoms with Crippen LogP contribution in [0.5, 0.6) is 0 Å². The number of benzene rings is 2. The van der Waals surface area contributed by atoms with Gasteiger partial charge in [-0.2, -0.15) is 4.37 Å². The quantitative estimate of drug-likeness (QED) is 0.515. The molecule has 1 aliphatic heterocycles. The molecule has 2 aromatic heterocycles. The first-order valence-corrected chi connectivity index (χ1v) is 10.4. The van der Waals surface area contributed by atoms with Crippen LogP contribution in [0.1, 0.15) is 27.2 Å². The standard InChI is InChI=1S/C22H19N5O2S/c23-20(28)16-8-4-7-15-18(16)27-30-19(15)22-25-17-12-29-10-9-14(17)21(26-22)24-11-13-5-2-1-3-6-13/h1-8H,9-12H2,(H2,23,28)(H,24,25,26). The molecule has 3 N–H and O–H groups in total. The Morgan fingerprint density at radius 1 is 1.13 bits per heavy atom. The maximum absolute atomic E-state index is 11.8. The van der Waals surface area contributed by atoms with E-state index in [1.165, 1.54) is 17.1 Å². The number of nitrogens with one attached hydrogen (secondary N) is 1. The molecule has 0 bridgehead atoms. The molecule has 30 heavy (non-hydrogen) atoms. The Morgan fingerprint density at radius 2 is 2.00 bits per heavy atom. The first-order valence-electron chi connectivity index (χ1n) is 9.64. The number of fused-ring (bicyclic) bond motifs is 2. The van der Waals surface area contributed by atoms with Gasteiger partial charge in [0.1, 0.15) is 10.7 Å². The summed E-state index contributed by atoms with van der Waals surface area (Å²) >= 11 is 1.27. The second-order valence-corrected chi connectivity index (χ2v) is 7.81. The molecule has 3 heterocycles. The highest BCUT2D eigenvalue weighted by atomic mass is 32.1. The van der Waals surface area contributed by atoms with Gasteiger partial charge in [-0.25, -0.2) is 9.97 Å². The van der Waals surface area contributed by atoms with Gasteiger partial charge < -0.3 is 15.8 Å². The SMILES string of the molecule is NC(=O)c1cccc2c(-c3nc4c(c(NCc5ccccc5)n3)CCOC4)snc12. The Kier molecular flexibility index (Phi) is 4.86. The Balaban J connectivity index is 1.58. The van der Waals surface area contributed by atoms with E-state index in [2.05, 4.69) is 21.8 Å². The van der Waals surface area contributed by atoms with Crippen LogP contribution in [0.2, 0.25) is 0 Å². The van der Waals surface area contributed by atoms with Crippen molar-refractivity contribution in [2.24, 2.45) is 5.73 Å². The average molecular weight is 417 g/mol. The number of hydrogen-bond acceptors (Lipinski definition) is 7. The van der Waals surface area contributed by atoms with E-state index in [9.17, 15) is 4.79 Å². The lowest BCUT2D eigenvalue weighted by Gasteiger charge is -2.20. The van der Waals surface area contributed by atoms with Gasteiger partial charge in [0, 0.05) is 23.9 Å². The predicted octanol–water partition coefficient (Wildman–Crippen LogP) is 3.54. The van der Waals surface area contributed by atoms with Crippen molar-refractivity contribution in [3.63, 3.8) is 0 Å². The number of ether oxygens (including phenoxy) is 1. The van der Waals surface area contributed by atoms with Crippen LogP contribution < -0.4 is 11.1 Å². The van der Waals surface area contributed by atoms with Crippen molar-refractivity contribution < 1.29 is 9.53 Å². The average Bonchev–Trinajstić information content (AvgIpc) is 3.22. The lowest BCUT2D eigenvalue weighted by Crippen LogP contribution is -2.17. The minimum absolute atomic E-state index is 0.402. The zero-order chi connectivity index (χ0) is 20.5. The van der Waals surface area contributed by atoms with E-state index in [1.54, 1.807) is 12.1 Å². The summed E-state index contributed by atoms with van der Waals surface area (Å²) in [5.74, 6) is 0.890. The molecule has 1 aliphatic rings. The molecule has 2 aromatic carbocycles. The number of carbonyl (C=O) groups excluding carboxylic acids is 1. The van der Waals surface area contributed by atoms with Crippen molar-refractivity contribution in [1.82, 2.24) is 14.3 Å². The third-order valence-electron chi connectivity index (χ3n) is 5.11.